The molecule has 1 rings (SSSR count). The van der Waals surface area contributed by atoms with Gasteiger partial charge in [0, 0.05) is 12.5 Å². The zero-order valence-electron chi connectivity index (χ0n) is 7.27. The van der Waals surface area contributed by atoms with Gasteiger partial charge in [0.2, 0.25) is 0 Å². The van der Waals surface area contributed by atoms with Crippen LogP contribution in [0.1, 0.15) is 32.6 Å². The van der Waals surface area contributed by atoms with E-state index < -0.39 is 0 Å². The SMILES string of the molecule is C#CCC(C)NCC1CCC1. The molecule has 62 valence electrons. The molecule has 1 saturated carbocycles. The van der Waals surface area contributed by atoms with Crippen LogP contribution >= 0.6 is 0 Å². The number of rotatable bonds is 4. The van der Waals surface area contributed by atoms with Crippen molar-refractivity contribution >= 4 is 0 Å². The standard InChI is InChI=1S/C10H17N/c1-3-5-9(2)11-8-10-6-4-7-10/h1,9-11H,4-8H2,2H3. The van der Waals surface area contributed by atoms with Crippen molar-refractivity contribution in [1.29, 1.82) is 0 Å². The van der Waals surface area contributed by atoms with Gasteiger partial charge in [-0.05, 0) is 32.2 Å². The highest BCUT2D eigenvalue weighted by atomic mass is 14.9. The predicted molar refractivity (Wildman–Crippen MR) is 48.3 cm³/mol. The van der Waals surface area contributed by atoms with Gasteiger partial charge in [0.05, 0.1) is 0 Å². The fourth-order valence-electron chi connectivity index (χ4n) is 1.31. The van der Waals surface area contributed by atoms with Crippen LogP contribution in [0.25, 0.3) is 0 Å². The molecule has 1 fully saturated rings. The predicted octanol–water partition coefficient (Wildman–Crippen LogP) is 1.79. The zero-order valence-corrected chi connectivity index (χ0v) is 7.27. The molecule has 1 heteroatoms. The molecule has 0 aliphatic heterocycles. The lowest BCUT2D eigenvalue weighted by atomic mass is 9.85. The second-order valence-corrected chi connectivity index (χ2v) is 3.51. The van der Waals surface area contributed by atoms with Gasteiger partial charge in [-0.15, -0.1) is 12.3 Å². The van der Waals surface area contributed by atoms with Crippen molar-refractivity contribution in [2.75, 3.05) is 6.54 Å². The molecule has 0 spiro atoms. The second-order valence-electron chi connectivity index (χ2n) is 3.51. The topological polar surface area (TPSA) is 12.0 Å². The summed E-state index contributed by atoms with van der Waals surface area (Å²) >= 11 is 0. The smallest absolute Gasteiger partial charge is 0.0238 e. The summed E-state index contributed by atoms with van der Waals surface area (Å²) in [5.41, 5.74) is 0. The van der Waals surface area contributed by atoms with E-state index in [0.29, 0.717) is 6.04 Å². The highest BCUT2D eigenvalue weighted by Gasteiger charge is 2.17. The third-order valence-corrected chi connectivity index (χ3v) is 2.40. The van der Waals surface area contributed by atoms with Crippen molar-refractivity contribution in [3.63, 3.8) is 0 Å². The fraction of sp³-hybridized carbons (Fsp3) is 0.800. The van der Waals surface area contributed by atoms with E-state index in [1.54, 1.807) is 0 Å². The van der Waals surface area contributed by atoms with Gasteiger partial charge < -0.3 is 5.32 Å². The summed E-state index contributed by atoms with van der Waals surface area (Å²) in [4.78, 5) is 0. The van der Waals surface area contributed by atoms with Crippen molar-refractivity contribution in [2.45, 2.75) is 38.6 Å². The largest absolute Gasteiger partial charge is 0.313 e. The maximum atomic E-state index is 5.19. The van der Waals surface area contributed by atoms with Gasteiger partial charge in [0.25, 0.3) is 0 Å². The number of hydrogen-bond donors (Lipinski definition) is 1. The Morgan fingerprint density at radius 3 is 2.82 bits per heavy atom. The summed E-state index contributed by atoms with van der Waals surface area (Å²) < 4.78 is 0. The van der Waals surface area contributed by atoms with Crippen molar-refractivity contribution < 1.29 is 0 Å². The number of hydrogen-bond acceptors (Lipinski definition) is 1. The molecule has 0 aromatic rings. The molecule has 1 nitrogen and oxygen atoms in total. The first kappa shape index (κ1) is 8.62. The minimum absolute atomic E-state index is 0.501. The Labute approximate surface area is 69.6 Å². The van der Waals surface area contributed by atoms with E-state index in [1.165, 1.54) is 25.8 Å². The first-order valence-corrected chi connectivity index (χ1v) is 4.49. The first-order chi connectivity index (χ1) is 5.33. The highest BCUT2D eigenvalue weighted by molar-refractivity contribution is 4.88. The maximum absolute atomic E-state index is 5.19. The van der Waals surface area contributed by atoms with Crippen molar-refractivity contribution in [3.8, 4) is 12.3 Å². The Kier molecular flexibility index (Phi) is 3.45. The third kappa shape index (κ3) is 2.95. The minimum atomic E-state index is 0.501. The van der Waals surface area contributed by atoms with Crippen molar-refractivity contribution in [1.82, 2.24) is 5.32 Å². The molecule has 1 aliphatic rings. The monoisotopic (exact) mass is 151 g/mol. The molecule has 1 N–H and O–H groups in total. The molecule has 1 atom stereocenters. The maximum Gasteiger partial charge on any atom is 0.0238 e. The molecule has 11 heavy (non-hydrogen) atoms. The molecule has 0 bridgehead atoms. The first-order valence-electron chi connectivity index (χ1n) is 4.49. The van der Waals surface area contributed by atoms with Gasteiger partial charge in [-0.2, -0.15) is 0 Å². The van der Waals surface area contributed by atoms with Gasteiger partial charge in [-0.3, -0.25) is 0 Å². The van der Waals surface area contributed by atoms with E-state index >= 15 is 0 Å². The Balaban J connectivity index is 1.97. The Morgan fingerprint density at radius 1 is 1.64 bits per heavy atom. The van der Waals surface area contributed by atoms with Gasteiger partial charge in [0.1, 0.15) is 0 Å². The molecule has 0 saturated heterocycles. The zero-order chi connectivity index (χ0) is 8.10. The van der Waals surface area contributed by atoms with E-state index in [0.717, 1.165) is 12.3 Å². The molecule has 0 radical (unpaired) electrons. The summed E-state index contributed by atoms with van der Waals surface area (Å²) in [7, 11) is 0. The Hall–Kier alpha value is -0.480. The average Bonchev–Trinajstić information content (AvgIpc) is 1.85. The van der Waals surface area contributed by atoms with Crippen LogP contribution in [0.5, 0.6) is 0 Å². The summed E-state index contributed by atoms with van der Waals surface area (Å²) in [5, 5.41) is 3.44. The summed E-state index contributed by atoms with van der Waals surface area (Å²) in [5.74, 6) is 3.60. The van der Waals surface area contributed by atoms with Gasteiger partial charge in [-0.1, -0.05) is 6.42 Å². The average molecular weight is 151 g/mol. The van der Waals surface area contributed by atoms with Crippen LogP contribution in [-0.4, -0.2) is 12.6 Å². The lowest BCUT2D eigenvalue weighted by molar-refractivity contribution is 0.292. The molecule has 0 aromatic carbocycles. The van der Waals surface area contributed by atoms with E-state index in [9.17, 15) is 0 Å². The lowest BCUT2D eigenvalue weighted by Gasteiger charge is -2.26. The van der Waals surface area contributed by atoms with Crippen LogP contribution in [0.2, 0.25) is 0 Å². The molecule has 1 aliphatic carbocycles. The Morgan fingerprint density at radius 2 is 2.36 bits per heavy atom. The van der Waals surface area contributed by atoms with Gasteiger partial charge >= 0.3 is 0 Å². The summed E-state index contributed by atoms with van der Waals surface area (Å²) in [6.07, 6.45) is 10.3. The normalized spacial score (nSPS) is 20.4. The molecule has 0 heterocycles. The molecule has 0 aromatic heterocycles. The fourth-order valence-corrected chi connectivity index (χ4v) is 1.31. The number of terminal acetylenes is 1. The van der Waals surface area contributed by atoms with Crippen LogP contribution < -0.4 is 5.32 Å². The molecular formula is C10H17N. The van der Waals surface area contributed by atoms with Gasteiger partial charge in [0.15, 0.2) is 0 Å². The van der Waals surface area contributed by atoms with Crippen LogP contribution in [0.3, 0.4) is 0 Å². The quantitative estimate of drug-likeness (QED) is 0.604. The minimum Gasteiger partial charge on any atom is -0.313 e. The van der Waals surface area contributed by atoms with E-state index in [-0.39, 0.29) is 0 Å². The van der Waals surface area contributed by atoms with E-state index in [4.69, 9.17) is 6.42 Å². The number of nitrogens with one attached hydrogen (secondary N) is 1. The lowest BCUT2D eigenvalue weighted by Crippen LogP contribution is -2.33. The van der Waals surface area contributed by atoms with Gasteiger partial charge in [-0.25, -0.2) is 0 Å². The third-order valence-electron chi connectivity index (χ3n) is 2.40. The van der Waals surface area contributed by atoms with Crippen LogP contribution in [-0.2, 0) is 0 Å². The van der Waals surface area contributed by atoms with E-state index in [1.807, 2.05) is 0 Å². The Bertz CT molecular complexity index is 141. The highest BCUT2D eigenvalue weighted by Crippen LogP contribution is 2.25. The van der Waals surface area contributed by atoms with Crippen LogP contribution in [0.15, 0.2) is 0 Å². The van der Waals surface area contributed by atoms with Crippen LogP contribution in [0, 0.1) is 18.3 Å². The second kappa shape index (κ2) is 4.41. The molecule has 0 amide bonds. The summed E-state index contributed by atoms with van der Waals surface area (Å²) in [6, 6.07) is 0.501. The van der Waals surface area contributed by atoms with E-state index in [2.05, 4.69) is 18.2 Å². The van der Waals surface area contributed by atoms with Crippen molar-refractivity contribution in [2.24, 2.45) is 5.92 Å². The van der Waals surface area contributed by atoms with Crippen molar-refractivity contribution in [3.05, 3.63) is 0 Å². The summed E-state index contributed by atoms with van der Waals surface area (Å²) in [6.45, 7) is 3.32. The van der Waals surface area contributed by atoms with Crippen LogP contribution in [0.4, 0.5) is 0 Å². The molecular weight excluding hydrogens is 134 g/mol. The molecule has 1 unspecified atom stereocenters.